The fraction of sp³-hybridized carbons (Fsp3) is 0.600. The summed E-state index contributed by atoms with van der Waals surface area (Å²) in [5.74, 6) is 0.397. The van der Waals surface area contributed by atoms with Gasteiger partial charge in [-0.25, -0.2) is 0 Å². The molecule has 1 aromatic heterocycles. The van der Waals surface area contributed by atoms with Gasteiger partial charge >= 0.3 is 0 Å². The number of aryl methyl sites for hydroxylation is 1. The van der Waals surface area contributed by atoms with Crippen molar-refractivity contribution >= 4 is 5.91 Å². The van der Waals surface area contributed by atoms with Crippen molar-refractivity contribution in [1.29, 1.82) is 0 Å². The van der Waals surface area contributed by atoms with Gasteiger partial charge in [0.2, 0.25) is 0 Å². The molecular weight excluding hydrogens is 196 g/mol. The molecule has 0 saturated carbocycles. The molecule has 0 fully saturated rings. The van der Waals surface area contributed by atoms with E-state index in [0.717, 1.165) is 0 Å². The van der Waals surface area contributed by atoms with Crippen LogP contribution in [0, 0.1) is 12.8 Å². The minimum atomic E-state index is -0.262. The number of aliphatic hydroxyl groups excluding tert-OH is 1. The third-order valence-electron chi connectivity index (χ3n) is 2.31. The number of aromatic nitrogens is 1. The molecule has 1 rings (SSSR count). The first kappa shape index (κ1) is 11.7. The van der Waals surface area contributed by atoms with Crippen LogP contribution in [-0.2, 0) is 0 Å². The van der Waals surface area contributed by atoms with Crippen LogP contribution in [0.3, 0.4) is 0 Å². The first-order chi connectivity index (χ1) is 7.06. The Morgan fingerprint density at radius 3 is 2.73 bits per heavy atom. The number of nitrogens with zero attached hydrogens (tertiary/aromatic N) is 1. The number of hydrogen-bond acceptors (Lipinski definition) is 4. The average Bonchev–Trinajstić information content (AvgIpc) is 2.60. The van der Waals surface area contributed by atoms with E-state index in [1.54, 1.807) is 6.92 Å². The van der Waals surface area contributed by atoms with Crippen LogP contribution in [0.25, 0.3) is 0 Å². The highest BCUT2D eigenvalue weighted by atomic mass is 16.5. The van der Waals surface area contributed by atoms with Crippen LogP contribution in [0.5, 0.6) is 0 Å². The molecule has 0 aliphatic carbocycles. The maximum absolute atomic E-state index is 11.7. The molecule has 0 radical (unpaired) electrons. The minimum Gasteiger partial charge on any atom is -0.394 e. The monoisotopic (exact) mass is 212 g/mol. The summed E-state index contributed by atoms with van der Waals surface area (Å²) in [7, 11) is 0. The normalized spacial score (nSPS) is 12.9. The molecule has 1 amide bonds. The van der Waals surface area contributed by atoms with Crippen molar-refractivity contribution in [1.82, 2.24) is 10.5 Å². The Bertz CT molecular complexity index is 333. The lowest BCUT2D eigenvalue weighted by Gasteiger charge is -2.19. The largest absolute Gasteiger partial charge is 0.394 e. The molecule has 0 aliphatic rings. The summed E-state index contributed by atoms with van der Waals surface area (Å²) >= 11 is 0. The van der Waals surface area contributed by atoms with Crippen molar-refractivity contribution < 1.29 is 14.4 Å². The van der Waals surface area contributed by atoms with Gasteiger partial charge < -0.3 is 14.9 Å². The fourth-order valence-corrected chi connectivity index (χ4v) is 1.19. The summed E-state index contributed by atoms with van der Waals surface area (Å²) in [5.41, 5.74) is 0.411. The molecule has 15 heavy (non-hydrogen) atoms. The van der Waals surface area contributed by atoms with E-state index in [2.05, 4.69) is 10.5 Å². The van der Waals surface area contributed by atoms with Gasteiger partial charge in [-0.15, -0.1) is 0 Å². The highest BCUT2D eigenvalue weighted by Gasteiger charge is 2.19. The number of rotatable bonds is 4. The van der Waals surface area contributed by atoms with Gasteiger partial charge in [-0.2, -0.15) is 0 Å². The van der Waals surface area contributed by atoms with E-state index < -0.39 is 0 Å². The second-order valence-electron chi connectivity index (χ2n) is 3.80. The quantitative estimate of drug-likeness (QED) is 0.771. The second-order valence-corrected chi connectivity index (χ2v) is 3.80. The number of carbonyl (C=O) groups is 1. The highest BCUT2D eigenvalue weighted by molar-refractivity contribution is 5.94. The van der Waals surface area contributed by atoms with Crippen molar-refractivity contribution in [3.63, 3.8) is 0 Å². The van der Waals surface area contributed by atoms with Crippen LogP contribution in [-0.4, -0.2) is 28.8 Å². The predicted octanol–water partition coefficient (Wildman–Crippen LogP) is 0.730. The average molecular weight is 212 g/mol. The summed E-state index contributed by atoms with van der Waals surface area (Å²) in [5, 5.41) is 15.3. The molecule has 0 bridgehead atoms. The maximum Gasteiger partial charge on any atom is 0.256 e. The van der Waals surface area contributed by atoms with Gasteiger partial charge in [0.15, 0.2) is 0 Å². The van der Waals surface area contributed by atoms with Gasteiger partial charge in [-0.3, -0.25) is 4.79 Å². The Morgan fingerprint density at radius 1 is 1.67 bits per heavy atom. The van der Waals surface area contributed by atoms with E-state index in [9.17, 15) is 4.79 Å². The van der Waals surface area contributed by atoms with E-state index in [-0.39, 0.29) is 24.5 Å². The number of carbonyl (C=O) groups excluding carboxylic acids is 1. The number of nitrogens with one attached hydrogen (secondary N) is 1. The van der Waals surface area contributed by atoms with Crippen LogP contribution in [0.1, 0.15) is 30.0 Å². The van der Waals surface area contributed by atoms with Crippen LogP contribution in [0.2, 0.25) is 0 Å². The van der Waals surface area contributed by atoms with E-state index >= 15 is 0 Å². The van der Waals surface area contributed by atoms with Crippen molar-refractivity contribution in [2.45, 2.75) is 26.8 Å². The zero-order valence-corrected chi connectivity index (χ0v) is 9.15. The minimum absolute atomic E-state index is 0.0757. The standard InChI is InChI=1S/C10H16N2O3/c1-6(2)9(5-13)12-10(14)8-4-11-15-7(8)3/h4,6,9,13H,5H2,1-3H3,(H,12,14). The maximum atomic E-state index is 11.7. The van der Waals surface area contributed by atoms with Gasteiger partial charge in [0.05, 0.1) is 18.8 Å². The number of aliphatic hydroxyl groups is 1. The summed E-state index contributed by atoms with van der Waals surface area (Å²) < 4.78 is 4.79. The van der Waals surface area contributed by atoms with Gasteiger partial charge in [-0.1, -0.05) is 19.0 Å². The van der Waals surface area contributed by atoms with E-state index in [4.69, 9.17) is 9.63 Å². The number of amides is 1. The van der Waals surface area contributed by atoms with Crippen LogP contribution < -0.4 is 5.32 Å². The third kappa shape index (κ3) is 2.79. The first-order valence-electron chi connectivity index (χ1n) is 4.89. The van der Waals surface area contributed by atoms with Crippen LogP contribution >= 0.6 is 0 Å². The Kier molecular flexibility index (Phi) is 3.85. The molecule has 0 aromatic carbocycles. The van der Waals surface area contributed by atoms with Gasteiger partial charge in [0.25, 0.3) is 5.91 Å². The van der Waals surface area contributed by atoms with E-state index in [1.165, 1.54) is 6.20 Å². The molecule has 1 aromatic rings. The van der Waals surface area contributed by atoms with E-state index in [0.29, 0.717) is 11.3 Å². The zero-order chi connectivity index (χ0) is 11.4. The smallest absolute Gasteiger partial charge is 0.256 e. The van der Waals surface area contributed by atoms with Crippen molar-refractivity contribution in [3.8, 4) is 0 Å². The number of hydrogen-bond donors (Lipinski definition) is 2. The fourth-order valence-electron chi connectivity index (χ4n) is 1.19. The molecule has 5 nitrogen and oxygen atoms in total. The lowest BCUT2D eigenvalue weighted by molar-refractivity contribution is 0.0895. The van der Waals surface area contributed by atoms with Crippen molar-refractivity contribution in [3.05, 3.63) is 17.5 Å². The molecule has 84 valence electrons. The highest BCUT2D eigenvalue weighted by Crippen LogP contribution is 2.07. The van der Waals surface area contributed by atoms with Crippen LogP contribution in [0.15, 0.2) is 10.7 Å². The second kappa shape index (κ2) is 4.93. The lowest BCUT2D eigenvalue weighted by atomic mass is 10.1. The lowest BCUT2D eigenvalue weighted by Crippen LogP contribution is -2.41. The van der Waals surface area contributed by atoms with Gasteiger partial charge in [-0.05, 0) is 12.8 Å². The Balaban J connectivity index is 2.67. The molecule has 1 heterocycles. The molecule has 2 N–H and O–H groups in total. The SMILES string of the molecule is Cc1oncc1C(=O)NC(CO)C(C)C. The summed E-state index contributed by atoms with van der Waals surface area (Å²) in [4.78, 5) is 11.7. The van der Waals surface area contributed by atoms with Crippen LogP contribution in [0.4, 0.5) is 0 Å². The first-order valence-corrected chi connectivity index (χ1v) is 4.89. The Labute approximate surface area is 88.5 Å². The van der Waals surface area contributed by atoms with Crippen molar-refractivity contribution in [2.24, 2.45) is 5.92 Å². The van der Waals surface area contributed by atoms with Gasteiger partial charge in [0.1, 0.15) is 11.3 Å². The van der Waals surface area contributed by atoms with Crippen molar-refractivity contribution in [2.75, 3.05) is 6.61 Å². The molecule has 1 unspecified atom stereocenters. The topological polar surface area (TPSA) is 75.4 Å². The summed E-state index contributed by atoms with van der Waals surface area (Å²) in [6, 6.07) is -0.244. The molecular formula is C10H16N2O3. The molecule has 0 spiro atoms. The molecule has 0 aliphatic heterocycles. The predicted molar refractivity (Wildman–Crippen MR) is 54.4 cm³/mol. The summed E-state index contributed by atoms with van der Waals surface area (Å²) in [6.45, 7) is 5.46. The third-order valence-corrected chi connectivity index (χ3v) is 2.31. The molecule has 0 saturated heterocycles. The summed E-state index contributed by atoms with van der Waals surface area (Å²) in [6.07, 6.45) is 1.37. The Morgan fingerprint density at radius 2 is 2.33 bits per heavy atom. The molecule has 1 atom stereocenters. The van der Waals surface area contributed by atoms with E-state index in [1.807, 2.05) is 13.8 Å². The zero-order valence-electron chi connectivity index (χ0n) is 9.15. The van der Waals surface area contributed by atoms with Gasteiger partial charge in [0, 0.05) is 0 Å². The Hall–Kier alpha value is -1.36. The molecule has 5 heteroatoms.